The first-order valence-electron chi connectivity index (χ1n) is 8.19. The Kier molecular flexibility index (Phi) is 5.36. The molecule has 0 saturated carbocycles. The van der Waals surface area contributed by atoms with Gasteiger partial charge < -0.3 is 11.1 Å². The Morgan fingerprint density at radius 1 is 1.35 bits per heavy atom. The Balaban J connectivity index is 2.28. The van der Waals surface area contributed by atoms with E-state index in [1.54, 1.807) is 6.20 Å². The number of aromatic nitrogens is 3. The highest BCUT2D eigenvalue weighted by Gasteiger charge is 2.18. The number of nitrogens with zero attached hydrogens (tertiary/aromatic N) is 3. The van der Waals surface area contributed by atoms with Gasteiger partial charge in [-0.25, -0.2) is 9.67 Å². The van der Waals surface area contributed by atoms with Crippen molar-refractivity contribution in [3.63, 3.8) is 0 Å². The van der Waals surface area contributed by atoms with Gasteiger partial charge in [-0.2, -0.15) is 5.10 Å². The lowest BCUT2D eigenvalue weighted by atomic mass is 10.0. The van der Waals surface area contributed by atoms with E-state index in [2.05, 4.69) is 43.1 Å². The van der Waals surface area contributed by atoms with Gasteiger partial charge in [0.2, 0.25) is 0 Å². The van der Waals surface area contributed by atoms with E-state index in [-0.39, 0.29) is 18.0 Å². The molecule has 1 unspecified atom stereocenters. The molecule has 23 heavy (non-hydrogen) atoms. The number of nitrogens with two attached hydrogens (primary N) is 1. The molecular weight excluding hydrogens is 290 g/mol. The van der Waals surface area contributed by atoms with Gasteiger partial charge in [-0.15, -0.1) is 0 Å². The van der Waals surface area contributed by atoms with Crippen molar-refractivity contribution >= 4 is 16.9 Å². The summed E-state index contributed by atoms with van der Waals surface area (Å²) < 4.78 is 1.87. The van der Waals surface area contributed by atoms with Crippen LogP contribution < -0.4 is 11.1 Å². The van der Waals surface area contributed by atoms with Gasteiger partial charge in [0, 0.05) is 24.0 Å². The van der Waals surface area contributed by atoms with Crippen molar-refractivity contribution in [2.75, 3.05) is 6.54 Å². The van der Waals surface area contributed by atoms with Crippen LogP contribution in [0.5, 0.6) is 0 Å². The zero-order valence-electron chi connectivity index (χ0n) is 14.6. The predicted molar refractivity (Wildman–Crippen MR) is 92.4 cm³/mol. The molecular formula is C17H27N5O. The van der Waals surface area contributed by atoms with Crippen molar-refractivity contribution in [2.45, 2.75) is 53.1 Å². The number of carbonyl (C=O) groups is 1. The van der Waals surface area contributed by atoms with Gasteiger partial charge in [-0.1, -0.05) is 13.8 Å². The maximum atomic E-state index is 12.6. The summed E-state index contributed by atoms with van der Waals surface area (Å²) in [5, 5.41) is 8.25. The smallest absolute Gasteiger partial charge is 0.253 e. The zero-order chi connectivity index (χ0) is 17.1. The maximum absolute atomic E-state index is 12.6. The Morgan fingerprint density at radius 2 is 2.04 bits per heavy atom. The molecule has 0 saturated heterocycles. The Hall–Kier alpha value is -1.95. The van der Waals surface area contributed by atoms with E-state index in [0.717, 1.165) is 17.5 Å². The molecule has 0 fully saturated rings. The van der Waals surface area contributed by atoms with Crippen LogP contribution >= 0.6 is 0 Å². The minimum absolute atomic E-state index is 0.0176. The molecule has 2 aromatic heterocycles. The second-order valence-corrected chi connectivity index (χ2v) is 6.75. The van der Waals surface area contributed by atoms with Crippen LogP contribution in [0.15, 0.2) is 12.3 Å². The molecule has 0 bridgehead atoms. The van der Waals surface area contributed by atoms with Crippen LogP contribution in [0.25, 0.3) is 11.0 Å². The van der Waals surface area contributed by atoms with Crippen LogP contribution in [0.2, 0.25) is 0 Å². The fraction of sp³-hybridized carbons (Fsp3) is 0.588. The third-order valence-corrected chi connectivity index (χ3v) is 3.87. The lowest BCUT2D eigenvalue weighted by molar-refractivity contribution is 0.0933. The summed E-state index contributed by atoms with van der Waals surface area (Å²) in [6, 6.07) is 2.07. The van der Waals surface area contributed by atoms with Crippen LogP contribution in [0.4, 0.5) is 0 Å². The van der Waals surface area contributed by atoms with Crippen LogP contribution in [0.1, 0.15) is 56.2 Å². The van der Waals surface area contributed by atoms with Gasteiger partial charge in [-0.3, -0.25) is 4.79 Å². The van der Waals surface area contributed by atoms with E-state index in [0.29, 0.717) is 23.7 Å². The van der Waals surface area contributed by atoms with Crippen LogP contribution in [0, 0.1) is 12.8 Å². The fourth-order valence-corrected chi connectivity index (χ4v) is 2.72. The molecule has 0 spiro atoms. The number of nitrogens with one attached hydrogen (secondary N) is 1. The van der Waals surface area contributed by atoms with E-state index in [1.807, 2.05) is 17.7 Å². The van der Waals surface area contributed by atoms with E-state index in [4.69, 9.17) is 5.73 Å². The average molecular weight is 317 g/mol. The number of amides is 1. The zero-order valence-corrected chi connectivity index (χ0v) is 14.6. The second kappa shape index (κ2) is 7.08. The summed E-state index contributed by atoms with van der Waals surface area (Å²) in [5.41, 5.74) is 7.87. The molecule has 6 heteroatoms. The Morgan fingerprint density at radius 3 is 2.61 bits per heavy atom. The molecule has 3 N–H and O–H groups in total. The fourth-order valence-electron chi connectivity index (χ4n) is 2.72. The highest BCUT2D eigenvalue weighted by atomic mass is 16.1. The standard InChI is InChI=1S/C17H27N5O/c1-10(2)6-14(8-18)21-17(23)15-7-13-9-19-22(11(3)4)16(13)20-12(15)5/h7,9-11,14H,6,8,18H2,1-5H3,(H,21,23). The van der Waals surface area contributed by atoms with Crippen molar-refractivity contribution in [1.29, 1.82) is 0 Å². The van der Waals surface area contributed by atoms with E-state index in [9.17, 15) is 4.79 Å². The van der Waals surface area contributed by atoms with E-state index in [1.165, 1.54) is 0 Å². The highest BCUT2D eigenvalue weighted by Crippen LogP contribution is 2.19. The number of hydrogen-bond acceptors (Lipinski definition) is 4. The number of hydrogen-bond donors (Lipinski definition) is 2. The third kappa shape index (κ3) is 3.88. The van der Waals surface area contributed by atoms with Gasteiger partial charge in [0.05, 0.1) is 17.5 Å². The summed E-state index contributed by atoms with van der Waals surface area (Å²) in [5.74, 6) is 0.361. The Labute approximate surface area is 137 Å². The quantitative estimate of drug-likeness (QED) is 0.856. The summed E-state index contributed by atoms with van der Waals surface area (Å²) in [6.45, 7) is 10.6. The third-order valence-electron chi connectivity index (χ3n) is 3.87. The second-order valence-electron chi connectivity index (χ2n) is 6.75. The van der Waals surface area contributed by atoms with Crippen molar-refractivity contribution in [1.82, 2.24) is 20.1 Å². The lowest BCUT2D eigenvalue weighted by Gasteiger charge is -2.19. The van der Waals surface area contributed by atoms with Gasteiger partial charge in [0.1, 0.15) is 0 Å². The van der Waals surface area contributed by atoms with Gasteiger partial charge >= 0.3 is 0 Å². The molecule has 0 aliphatic heterocycles. The molecule has 126 valence electrons. The molecule has 6 nitrogen and oxygen atoms in total. The summed E-state index contributed by atoms with van der Waals surface area (Å²) >= 11 is 0. The predicted octanol–water partition coefficient (Wildman–Crippen LogP) is 2.42. The number of pyridine rings is 1. The number of rotatable bonds is 6. The average Bonchev–Trinajstić information content (AvgIpc) is 2.87. The summed E-state index contributed by atoms with van der Waals surface area (Å²) in [6.07, 6.45) is 2.62. The molecule has 0 aliphatic rings. The van der Waals surface area contributed by atoms with Crippen LogP contribution in [0.3, 0.4) is 0 Å². The van der Waals surface area contributed by atoms with Crippen molar-refractivity contribution < 1.29 is 4.79 Å². The normalized spacial score (nSPS) is 13.0. The van der Waals surface area contributed by atoms with E-state index >= 15 is 0 Å². The maximum Gasteiger partial charge on any atom is 0.253 e. The van der Waals surface area contributed by atoms with Gasteiger partial charge in [0.15, 0.2) is 5.65 Å². The lowest BCUT2D eigenvalue weighted by Crippen LogP contribution is -2.41. The van der Waals surface area contributed by atoms with Crippen molar-refractivity contribution in [3.05, 3.63) is 23.5 Å². The van der Waals surface area contributed by atoms with Gasteiger partial charge in [-0.05, 0) is 39.2 Å². The number of carbonyl (C=O) groups excluding carboxylic acids is 1. The monoisotopic (exact) mass is 317 g/mol. The molecule has 1 amide bonds. The first-order chi connectivity index (χ1) is 10.8. The van der Waals surface area contributed by atoms with Crippen molar-refractivity contribution in [2.24, 2.45) is 11.7 Å². The minimum atomic E-state index is -0.120. The summed E-state index contributed by atoms with van der Waals surface area (Å²) in [7, 11) is 0. The summed E-state index contributed by atoms with van der Waals surface area (Å²) in [4.78, 5) is 17.1. The number of aryl methyl sites for hydroxylation is 1. The SMILES string of the molecule is Cc1nc2c(cnn2C(C)C)cc1C(=O)NC(CN)CC(C)C. The largest absolute Gasteiger partial charge is 0.348 e. The highest BCUT2D eigenvalue weighted by molar-refractivity contribution is 5.98. The molecule has 2 aromatic rings. The molecule has 1 atom stereocenters. The van der Waals surface area contributed by atoms with Crippen LogP contribution in [-0.2, 0) is 0 Å². The van der Waals surface area contributed by atoms with Crippen molar-refractivity contribution in [3.8, 4) is 0 Å². The number of fused-ring (bicyclic) bond motifs is 1. The molecule has 0 aliphatic carbocycles. The molecule has 2 heterocycles. The van der Waals surface area contributed by atoms with Gasteiger partial charge in [0.25, 0.3) is 5.91 Å². The Bertz CT molecular complexity index is 690. The first-order valence-corrected chi connectivity index (χ1v) is 8.19. The first kappa shape index (κ1) is 17.4. The molecule has 0 aromatic carbocycles. The van der Waals surface area contributed by atoms with Crippen LogP contribution in [-0.4, -0.2) is 33.3 Å². The molecule has 0 radical (unpaired) electrons. The minimum Gasteiger partial charge on any atom is -0.348 e. The topological polar surface area (TPSA) is 85.8 Å². The molecule has 2 rings (SSSR count). The van der Waals surface area contributed by atoms with E-state index < -0.39 is 0 Å².